The Balaban J connectivity index is 1.27. The van der Waals surface area contributed by atoms with E-state index in [0.29, 0.717) is 32.1 Å². The van der Waals surface area contributed by atoms with Crippen LogP contribution in [0.5, 0.6) is 0 Å². The maximum atomic E-state index is 12.3. The average Bonchev–Trinajstić information content (AvgIpc) is 3.61. The first-order chi connectivity index (χ1) is 25.8. The average molecular weight is 801 g/mol. The zero-order chi connectivity index (χ0) is 41.3. The summed E-state index contributed by atoms with van der Waals surface area (Å²) in [7, 11) is 0. The molecule has 4 saturated carbocycles. The quantitative estimate of drug-likeness (QED) is 0.166. The summed E-state index contributed by atoms with van der Waals surface area (Å²) >= 11 is 0. The number of hydrogen-bond acceptors (Lipinski definition) is 14. The normalized spacial score (nSPS) is 57.3. The zero-order valence-electron chi connectivity index (χ0n) is 34.9. The van der Waals surface area contributed by atoms with Crippen molar-refractivity contribution < 1.29 is 69.6 Å². The molecule has 0 aromatic heterocycles. The first-order valence-corrected chi connectivity index (χ1v) is 21.2. The molecule has 14 heteroatoms. The van der Waals surface area contributed by atoms with Crippen molar-refractivity contribution in [1.29, 1.82) is 0 Å². The van der Waals surface area contributed by atoms with E-state index in [1.165, 1.54) is 0 Å². The van der Waals surface area contributed by atoms with Crippen LogP contribution in [0.1, 0.15) is 114 Å². The first kappa shape index (κ1) is 43.5. The summed E-state index contributed by atoms with van der Waals surface area (Å²) in [6, 6.07) is 0. The summed E-state index contributed by atoms with van der Waals surface area (Å²) in [5.74, 6) is -0.437. The van der Waals surface area contributed by atoms with Gasteiger partial charge >= 0.3 is 0 Å². The van der Waals surface area contributed by atoms with Crippen LogP contribution in [0.3, 0.4) is 0 Å². The van der Waals surface area contributed by atoms with Gasteiger partial charge < -0.3 is 69.6 Å². The summed E-state index contributed by atoms with van der Waals surface area (Å²) in [5, 5.41) is 97.5. The summed E-state index contributed by atoms with van der Waals surface area (Å²) in [4.78, 5) is 0. The minimum atomic E-state index is -1.62. The standard InChI is InChI=1S/C42H72O14/c1-36(2)25(55-34-30(49)27(46)21(45)19-52-34)10-12-39(6)33(36)22(53-35-31(50)29(48)28(47)23(18-43)54-35)16-24-38(39,5)14-15-40(7)32(20(44)17-41(24,40)8)42(9)13-11-26(56-42)37(3,4)51/h20-35,43-51H,10-19H2,1-9H3. The predicted octanol–water partition coefficient (Wildman–Crippen LogP) is 1.36. The first-order valence-electron chi connectivity index (χ1n) is 21.2. The molecule has 324 valence electrons. The number of hydrogen-bond donors (Lipinski definition) is 9. The zero-order valence-corrected chi connectivity index (χ0v) is 34.9. The Labute approximate surface area is 331 Å². The van der Waals surface area contributed by atoms with Crippen molar-refractivity contribution in [1.82, 2.24) is 0 Å². The highest BCUT2D eigenvalue weighted by Crippen LogP contribution is 2.79. The molecule has 14 nitrogen and oxygen atoms in total. The fourth-order valence-electron chi connectivity index (χ4n) is 14.5. The van der Waals surface area contributed by atoms with E-state index in [2.05, 4.69) is 48.5 Å². The molecule has 0 amide bonds. The molecule has 3 heterocycles. The Morgan fingerprint density at radius 1 is 0.661 bits per heavy atom. The Bertz CT molecular complexity index is 1440. The topological polar surface area (TPSA) is 228 Å². The van der Waals surface area contributed by atoms with E-state index >= 15 is 0 Å². The SMILES string of the molecule is CC(C)(O)C1CCC(C)(C2C(O)CC3(C)C4CC(OC5OC(CO)C(O)C(O)C5O)C5C(C)(C)C(OC6OCC(O)C(O)C6O)CCC5(C)C4(C)CCC23C)O1. The van der Waals surface area contributed by atoms with Crippen LogP contribution in [-0.4, -0.2) is 150 Å². The van der Waals surface area contributed by atoms with Gasteiger partial charge in [-0.25, -0.2) is 0 Å². The molecule has 3 saturated heterocycles. The third-order valence-corrected chi connectivity index (χ3v) is 17.8. The van der Waals surface area contributed by atoms with Crippen LogP contribution >= 0.6 is 0 Å². The summed E-state index contributed by atoms with van der Waals surface area (Å²) in [6.07, 6.45) is -9.11. The summed E-state index contributed by atoms with van der Waals surface area (Å²) in [6.45, 7) is 18.4. The number of rotatable bonds is 7. The number of aliphatic hydroxyl groups excluding tert-OH is 8. The van der Waals surface area contributed by atoms with E-state index in [1.807, 2.05) is 0 Å². The monoisotopic (exact) mass is 800 g/mol. The van der Waals surface area contributed by atoms with E-state index in [1.54, 1.807) is 13.8 Å². The number of aliphatic hydroxyl groups is 9. The van der Waals surface area contributed by atoms with Gasteiger partial charge in [-0.05, 0) is 111 Å². The van der Waals surface area contributed by atoms with Gasteiger partial charge in [0, 0.05) is 5.92 Å². The maximum absolute atomic E-state index is 12.3. The van der Waals surface area contributed by atoms with Gasteiger partial charge in [0.05, 0.1) is 48.8 Å². The summed E-state index contributed by atoms with van der Waals surface area (Å²) in [5.41, 5.74) is -3.77. The number of fused-ring (bicyclic) bond motifs is 5. The van der Waals surface area contributed by atoms with Crippen LogP contribution in [0.15, 0.2) is 0 Å². The van der Waals surface area contributed by atoms with Gasteiger partial charge in [0.15, 0.2) is 12.6 Å². The fourth-order valence-corrected chi connectivity index (χ4v) is 14.5. The molecule has 7 rings (SSSR count). The van der Waals surface area contributed by atoms with Gasteiger partial charge in [-0.1, -0.05) is 41.5 Å². The molecular weight excluding hydrogens is 728 g/mol. The maximum Gasteiger partial charge on any atom is 0.186 e. The highest BCUT2D eigenvalue weighted by Gasteiger charge is 2.76. The highest BCUT2D eigenvalue weighted by atomic mass is 16.7. The molecule has 3 aliphatic heterocycles. The second-order valence-corrected chi connectivity index (χ2v) is 21.4. The molecule has 0 aromatic carbocycles. The highest BCUT2D eigenvalue weighted by molar-refractivity contribution is 5.25. The minimum Gasteiger partial charge on any atom is -0.394 e. The lowest BCUT2D eigenvalue weighted by atomic mass is 9.32. The van der Waals surface area contributed by atoms with Crippen LogP contribution in [-0.2, 0) is 23.7 Å². The van der Waals surface area contributed by atoms with Crippen molar-refractivity contribution in [3.05, 3.63) is 0 Å². The van der Waals surface area contributed by atoms with Crippen molar-refractivity contribution in [3.8, 4) is 0 Å². The van der Waals surface area contributed by atoms with Gasteiger partial charge in [0.25, 0.3) is 0 Å². The second-order valence-electron chi connectivity index (χ2n) is 21.4. The van der Waals surface area contributed by atoms with E-state index in [9.17, 15) is 46.0 Å². The van der Waals surface area contributed by atoms with Crippen molar-refractivity contribution >= 4 is 0 Å². The molecule has 21 unspecified atom stereocenters. The molecule has 0 bridgehead atoms. The van der Waals surface area contributed by atoms with Crippen LogP contribution < -0.4 is 0 Å². The lowest BCUT2D eigenvalue weighted by Crippen LogP contribution is -2.71. The summed E-state index contributed by atoms with van der Waals surface area (Å²) < 4.78 is 32.0. The third kappa shape index (κ3) is 6.24. The van der Waals surface area contributed by atoms with Crippen molar-refractivity contribution in [2.75, 3.05) is 13.2 Å². The van der Waals surface area contributed by atoms with Crippen molar-refractivity contribution in [3.63, 3.8) is 0 Å². The minimum absolute atomic E-state index is 0.00743. The van der Waals surface area contributed by atoms with Gasteiger partial charge in [0.1, 0.15) is 42.7 Å². The van der Waals surface area contributed by atoms with Crippen molar-refractivity contribution in [2.24, 2.45) is 44.8 Å². The van der Waals surface area contributed by atoms with Crippen LogP contribution in [0.2, 0.25) is 0 Å². The molecule has 21 atom stereocenters. The smallest absolute Gasteiger partial charge is 0.186 e. The molecule has 7 fully saturated rings. The lowest BCUT2D eigenvalue weighted by molar-refractivity contribution is -0.356. The van der Waals surface area contributed by atoms with Gasteiger partial charge in [-0.15, -0.1) is 0 Å². The molecule has 9 N–H and O–H groups in total. The van der Waals surface area contributed by atoms with E-state index < -0.39 is 108 Å². The Kier molecular flexibility index (Phi) is 11.1. The molecule has 4 aliphatic carbocycles. The van der Waals surface area contributed by atoms with Crippen LogP contribution in [0, 0.1) is 44.8 Å². The third-order valence-electron chi connectivity index (χ3n) is 17.8. The molecule has 0 aromatic rings. The van der Waals surface area contributed by atoms with E-state index in [0.717, 1.165) is 19.3 Å². The van der Waals surface area contributed by atoms with Gasteiger partial charge in [0.2, 0.25) is 0 Å². The number of ether oxygens (including phenoxy) is 5. The Morgan fingerprint density at radius 2 is 1.29 bits per heavy atom. The molecule has 56 heavy (non-hydrogen) atoms. The Hall–Kier alpha value is -0.560. The van der Waals surface area contributed by atoms with E-state index in [4.69, 9.17) is 23.7 Å². The molecule has 7 aliphatic rings. The Morgan fingerprint density at radius 3 is 1.91 bits per heavy atom. The second kappa shape index (κ2) is 14.3. The van der Waals surface area contributed by atoms with Crippen LogP contribution in [0.25, 0.3) is 0 Å². The van der Waals surface area contributed by atoms with Gasteiger partial charge in [-0.2, -0.15) is 0 Å². The van der Waals surface area contributed by atoms with E-state index in [-0.39, 0.29) is 41.3 Å². The predicted molar refractivity (Wildman–Crippen MR) is 200 cm³/mol. The molecular formula is C42H72O14. The van der Waals surface area contributed by atoms with Crippen LogP contribution in [0.4, 0.5) is 0 Å². The van der Waals surface area contributed by atoms with Crippen molar-refractivity contribution in [2.45, 2.75) is 205 Å². The largest absolute Gasteiger partial charge is 0.394 e. The fraction of sp³-hybridized carbons (Fsp3) is 1.00. The van der Waals surface area contributed by atoms with Gasteiger partial charge in [-0.3, -0.25) is 0 Å². The molecule has 0 radical (unpaired) electrons. The lowest BCUT2D eigenvalue weighted by Gasteiger charge is -2.73. The molecule has 0 spiro atoms.